The van der Waals surface area contributed by atoms with Gasteiger partial charge in [0.05, 0.1) is 35.1 Å². The second-order valence-electron chi connectivity index (χ2n) is 12.4. The number of anilines is 1. The highest BCUT2D eigenvalue weighted by Gasteiger charge is 2.52. The minimum absolute atomic E-state index is 0.00240. The lowest BCUT2D eigenvalue weighted by Gasteiger charge is -2.24. The van der Waals surface area contributed by atoms with Gasteiger partial charge in [0.1, 0.15) is 11.8 Å². The average molecular weight is 684 g/mol. The monoisotopic (exact) mass is 683 g/mol. The number of aromatic nitrogens is 2. The van der Waals surface area contributed by atoms with Crippen LogP contribution >= 0.6 is 0 Å². The molecule has 2 aliphatic heterocycles. The maximum absolute atomic E-state index is 13.2. The van der Waals surface area contributed by atoms with Crippen LogP contribution in [-0.4, -0.2) is 96.0 Å². The summed E-state index contributed by atoms with van der Waals surface area (Å²) in [5.41, 5.74) is 2.46. The zero-order valence-corrected chi connectivity index (χ0v) is 28.1. The largest absolute Gasteiger partial charge is 0.480 e. The summed E-state index contributed by atoms with van der Waals surface area (Å²) >= 11 is 0. The number of hydrogen-bond acceptors (Lipinski definition) is 10. The molecule has 3 heterocycles. The van der Waals surface area contributed by atoms with E-state index >= 15 is 0 Å². The lowest BCUT2D eigenvalue weighted by Crippen LogP contribution is -2.49. The van der Waals surface area contributed by atoms with Gasteiger partial charge in [-0.05, 0) is 50.5 Å². The van der Waals surface area contributed by atoms with E-state index in [2.05, 4.69) is 30.5 Å². The molecule has 2 unspecified atom stereocenters. The molecule has 48 heavy (non-hydrogen) atoms. The first-order valence-corrected chi connectivity index (χ1v) is 17.3. The number of nitrogens with one attached hydrogen (secondary N) is 4. The van der Waals surface area contributed by atoms with Crippen LogP contribution in [0.25, 0.3) is 11.0 Å². The number of benzene rings is 2. The summed E-state index contributed by atoms with van der Waals surface area (Å²) in [6.07, 6.45) is 1.45. The van der Waals surface area contributed by atoms with Gasteiger partial charge in [0.2, 0.25) is 16.0 Å². The third-order valence-electron chi connectivity index (χ3n) is 8.40. The van der Waals surface area contributed by atoms with Crippen molar-refractivity contribution in [2.24, 2.45) is 5.16 Å². The van der Waals surface area contributed by atoms with Crippen LogP contribution in [0.15, 0.2) is 46.4 Å². The first-order chi connectivity index (χ1) is 22.8. The lowest BCUT2D eigenvalue weighted by molar-refractivity contribution is -0.138. The van der Waals surface area contributed by atoms with E-state index < -0.39 is 46.2 Å². The maximum atomic E-state index is 13.2. The van der Waals surface area contributed by atoms with E-state index in [1.54, 1.807) is 30.9 Å². The second kappa shape index (κ2) is 14.2. The summed E-state index contributed by atoms with van der Waals surface area (Å²) in [5.74, 6) is -1.63. The minimum Gasteiger partial charge on any atom is -0.480 e. The topological polar surface area (TPSA) is 204 Å². The Morgan fingerprint density at radius 2 is 1.92 bits per heavy atom. The molecule has 0 saturated carbocycles. The van der Waals surface area contributed by atoms with Crippen molar-refractivity contribution in [3.05, 3.63) is 53.1 Å². The number of aliphatic carboxylic acids is 1. The van der Waals surface area contributed by atoms with Crippen LogP contribution in [0.2, 0.25) is 0 Å². The molecule has 3 aromatic rings. The smallest absolute Gasteiger partial charge is 0.410 e. The van der Waals surface area contributed by atoms with E-state index in [-0.39, 0.29) is 36.2 Å². The highest BCUT2D eigenvalue weighted by atomic mass is 32.2. The number of sulfonamides is 1. The molecular weight excluding hydrogens is 642 g/mol. The maximum Gasteiger partial charge on any atom is 0.410 e. The predicted octanol–water partition coefficient (Wildman–Crippen LogP) is 2.97. The van der Waals surface area contributed by atoms with Gasteiger partial charge in [0.15, 0.2) is 5.60 Å². The Morgan fingerprint density at radius 1 is 1.19 bits per heavy atom. The number of para-hydroxylation sites is 2. The first kappa shape index (κ1) is 34.6. The number of amides is 2. The molecule has 1 fully saturated rings. The van der Waals surface area contributed by atoms with Crippen molar-refractivity contribution in [2.75, 3.05) is 31.6 Å². The molecule has 1 aromatic heterocycles. The molecule has 0 bridgehead atoms. The fraction of sp³-hybridized carbons (Fsp3) is 0.469. The average Bonchev–Trinajstić information content (AvgIpc) is 3.73. The van der Waals surface area contributed by atoms with Gasteiger partial charge in [-0.1, -0.05) is 48.3 Å². The number of carbonyl (C=O) groups excluding carboxylic acids is 2. The molecule has 2 aromatic carbocycles. The van der Waals surface area contributed by atoms with E-state index in [4.69, 9.17) is 9.57 Å². The third-order valence-corrected chi connectivity index (χ3v) is 10.2. The molecule has 2 amide bonds. The van der Waals surface area contributed by atoms with E-state index in [0.29, 0.717) is 36.5 Å². The van der Waals surface area contributed by atoms with E-state index in [9.17, 15) is 27.9 Å². The number of nitrogens with zero attached hydrogens (tertiary/aromatic N) is 3. The fourth-order valence-electron chi connectivity index (χ4n) is 6.23. The number of oxime groups is 1. The third kappa shape index (κ3) is 7.71. The zero-order valence-electron chi connectivity index (χ0n) is 27.3. The highest BCUT2D eigenvalue weighted by molar-refractivity contribution is 7.89. The minimum atomic E-state index is -4.23. The van der Waals surface area contributed by atoms with Crippen molar-refractivity contribution in [2.45, 2.75) is 76.0 Å². The van der Waals surface area contributed by atoms with Crippen LogP contribution in [-0.2, 0) is 29.2 Å². The molecule has 258 valence electrons. The van der Waals surface area contributed by atoms with Crippen molar-refractivity contribution in [3.63, 3.8) is 0 Å². The van der Waals surface area contributed by atoms with Gasteiger partial charge < -0.3 is 30.3 Å². The summed E-state index contributed by atoms with van der Waals surface area (Å²) in [4.78, 5) is 53.4. The Kier molecular flexibility index (Phi) is 10.2. The van der Waals surface area contributed by atoms with Crippen molar-refractivity contribution in [1.29, 1.82) is 0 Å². The van der Waals surface area contributed by atoms with Gasteiger partial charge >= 0.3 is 12.1 Å². The summed E-state index contributed by atoms with van der Waals surface area (Å²) in [5, 5.41) is 19.5. The standard InChI is InChI=1S/C32H41N7O8S/c1-5-6-11-46-31(43)39-18-32(14-22(39)16-34-30-35-23-9-7-8-10-24(23)36-30)15-25(37-47-32)28(40)33-17-26(29(41)42)38-48(44,45)27-20(3)12-19(2)13-21(27)4/h7-10,12-13,22,26,38H,5-6,11,14-18H2,1-4H3,(H,33,40)(H,41,42)(H2,34,35,36)/t22?,26-,32?/m0/s1. The zero-order chi connectivity index (χ0) is 34.6. The number of carboxylic acids is 1. The number of likely N-dealkylation sites (tertiary alicyclic amines) is 1. The summed E-state index contributed by atoms with van der Waals surface area (Å²) in [6, 6.07) is 8.94. The van der Waals surface area contributed by atoms with E-state index in [0.717, 1.165) is 23.0 Å². The van der Waals surface area contributed by atoms with Gasteiger partial charge in [-0.25, -0.2) is 18.2 Å². The lowest BCUT2D eigenvalue weighted by atomic mass is 9.94. The van der Waals surface area contributed by atoms with Crippen molar-refractivity contribution < 1.29 is 37.5 Å². The van der Waals surface area contributed by atoms with Crippen LogP contribution in [0.1, 0.15) is 49.3 Å². The van der Waals surface area contributed by atoms with Crippen LogP contribution in [0, 0.1) is 20.8 Å². The number of aryl methyl sites for hydroxylation is 3. The Labute approximate surface area is 278 Å². The van der Waals surface area contributed by atoms with Crippen LogP contribution in [0.5, 0.6) is 0 Å². The number of imidazole rings is 1. The van der Waals surface area contributed by atoms with Gasteiger partial charge in [0.25, 0.3) is 5.91 Å². The molecule has 5 rings (SSSR count). The van der Waals surface area contributed by atoms with Crippen LogP contribution in [0.3, 0.4) is 0 Å². The number of ether oxygens (including phenoxy) is 1. The van der Waals surface area contributed by atoms with Crippen LogP contribution in [0.4, 0.5) is 10.7 Å². The second-order valence-corrected chi connectivity index (χ2v) is 14.0. The number of carbonyl (C=O) groups is 3. The quantitative estimate of drug-likeness (QED) is 0.167. The number of carboxylic acid groups (broad SMARTS) is 1. The van der Waals surface area contributed by atoms with Gasteiger partial charge in [-0.3, -0.25) is 14.5 Å². The normalized spacial score (nSPS) is 19.6. The summed E-state index contributed by atoms with van der Waals surface area (Å²) in [7, 11) is -4.23. The molecule has 0 radical (unpaired) electrons. The Balaban J connectivity index is 1.22. The molecule has 0 aliphatic carbocycles. The molecule has 3 atom stereocenters. The number of rotatable bonds is 13. The molecular formula is C32H41N7O8S. The van der Waals surface area contributed by atoms with E-state index in [1.807, 2.05) is 38.1 Å². The van der Waals surface area contributed by atoms with Crippen LogP contribution < -0.4 is 15.4 Å². The Morgan fingerprint density at radius 3 is 2.60 bits per heavy atom. The van der Waals surface area contributed by atoms with Crippen molar-refractivity contribution in [1.82, 2.24) is 24.9 Å². The van der Waals surface area contributed by atoms with Gasteiger partial charge in [0, 0.05) is 25.9 Å². The van der Waals surface area contributed by atoms with E-state index in [1.165, 1.54) is 0 Å². The van der Waals surface area contributed by atoms with Gasteiger partial charge in [-0.2, -0.15) is 4.72 Å². The molecule has 16 heteroatoms. The Hall–Kier alpha value is -4.70. The SMILES string of the molecule is CCCCOC(=O)N1CC2(CC(C(=O)NC[C@H](NS(=O)(=O)c3c(C)cc(C)cc3C)C(=O)O)=NO2)CC1CNc1nc2ccccc2[nH]1. The van der Waals surface area contributed by atoms with Crippen molar-refractivity contribution >= 4 is 50.7 Å². The molecule has 5 N–H and O–H groups in total. The highest BCUT2D eigenvalue weighted by Crippen LogP contribution is 2.38. The molecule has 2 aliphatic rings. The summed E-state index contributed by atoms with van der Waals surface area (Å²) in [6.45, 7) is 7.25. The number of fused-ring (bicyclic) bond motifs is 1. The molecule has 1 saturated heterocycles. The summed E-state index contributed by atoms with van der Waals surface area (Å²) < 4.78 is 34.1. The predicted molar refractivity (Wildman–Crippen MR) is 177 cm³/mol. The number of H-pyrrole nitrogens is 1. The van der Waals surface area contributed by atoms with Crippen molar-refractivity contribution in [3.8, 4) is 0 Å². The molecule has 1 spiro atoms. The number of aromatic amines is 1. The first-order valence-electron chi connectivity index (χ1n) is 15.8. The number of unbranched alkanes of at least 4 members (excludes halogenated alkanes) is 1. The number of hydrogen-bond donors (Lipinski definition) is 5. The Bertz CT molecular complexity index is 1790. The van der Waals surface area contributed by atoms with Gasteiger partial charge in [-0.15, -0.1) is 0 Å². The molecule has 15 nitrogen and oxygen atoms in total. The fourth-order valence-corrected chi connectivity index (χ4v) is 7.87.